The molecule has 0 fully saturated rings. The van der Waals surface area contributed by atoms with Gasteiger partial charge < -0.3 is 0 Å². The van der Waals surface area contributed by atoms with E-state index in [0.29, 0.717) is 0 Å². The molecule has 0 bridgehead atoms. The summed E-state index contributed by atoms with van der Waals surface area (Å²) in [6.07, 6.45) is 8.33. The summed E-state index contributed by atoms with van der Waals surface area (Å²) in [5, 5.41) is 0.101. The predicted octanol–water partition coefficient (Wildman–Crippen LogP) is 7.99. The maximum atomic E-state index is 6.58. The van der Waals surface area contributed by atoms with Crippen LogP contribution >= 0.6 is 35.1 Å². The van der Waals surface area contributed by atoms with E-state index in [2.05, 4.69) is 73.7 Å². The number of halogens is 1. The molecule has 2 aromatic rings. The Hall–Kier alpha value is -0.830. The zero-order valence-corrected chi connectivity index (χ0v) is 16.5. The molecule has 2 rings (SSSR count). The minimum absolute atomic E-state index is 0.101. The third-order valence-corrected chi connectivity index (χ3v) is 6.11. The maximum Gasteiger partial charge on any atom is 0.0534 e. The van der Waals surface area contributed by atoms with Gasteiger partial charge in [-0.05, 0) is 36.8 Å². The normalized spacial score (nSPS) is 11.9. The van der Waals surface area contributed by atoms with Gasteiger partial charge in [-0.15, -0.1) is 11.6 Å². The lowest BCUT2D eigenvalue weighted by molar-refractivity contribution is 0.640. The first-order valence-corrected chi connectivity index (χ1v) is 10.7. The van der Waals surface area contributed by atoms with Crippen LogP contribution in [0.4, 0.5) is 0 Å². The van der Waals surface area contributed by atoms with Gasteiger partial charge in [-0.1, -0.05) is 92.5 Å². The van der Waals surface area contributed by atoms with E-state index < -0.39 is 0 Å². The molecule has 0 aliphatic rings. The summed E-state index contributed by atoms with van der Waals surface area (Å²) in [6, 6.07) is 21.0. The molecule has 0 aliphatic heterocycles. The Balaban J connectivity index is 2.02. The molecule has 0 spiro atoms. The number of alkyl halides is 1. The molecule has 1 atom stereocenters. The molecule has 0 N–H and O–H groups in total. The molecule has 0 amide bonds. The Morgan fingerprint density at radius 2 is 1.42 bits per heavy atom. The molecule has 0 saturated heterocycles. The summed E-state index contributed by atoms with van der Waals surface area (Å²) in [7, 11) is 0. The summed E-state index contributed by atoms with van der Waals surface area (Å²) in [4.78, 5) is 2.50. The topological polar surface area (TPSA) is 0 Å². The van der Waals surface area contributed by atoms with Gasteiger partial charge in [0.1, 0.15) is 0 Å². The Morgan fingerprint density at radius 1 is 0.875 bits per heavy atom. The van der Waals surface area contributed by atoms with Crippen LogP contribution in [0.25, 0.3) is 0 Å². The van der Waals surface area contributed by atoms with Crippen molar-refractivity contribution in [3.8, 4) is 0 Å². The van der Waals surface area contributed by atoms with E-state index >= 15 is 0 Å². The van der Waals surface area contributed by atoms with Crippen LogP contribution in [0.15, 0.2) is 80.8 Å². The number of hydrogen-bond acceptors (Lipinski definition) is 2. The Morgan fingerprint density at radius 3 is 1.92 bits per heavy atom. The predicted molar refractivity (Wildman–Crippen MR) is 111 cm³/mol. The number of unbranched alkanes of at least 4 members (excludes halogenated alkanes) is 3. The number of allylic oxidation sites excluding steroid dienone is 1. The van der Waals surface area contributed by atoms with Gasteiger partial charge in [0.25, 0.3) is 0 Å². The summed E-state index contributed by atoms with van der Waals surface area (Å²) in [6.45, 7) is 2.24. The molecule has 0 aromatic heterocycles. The van der Waals surface area contributed by atoms with Crippen molar-refractivity contribution in [1.82, 2.24) is 0 Å². The highest BCUT2D eigenvalue weighted by atomic mass is 35.5. The van der Waals surface area contributed by atoms with E-state index in [9.17, 15) is 0 Å². The van der Waals surface area contributed by atoms with E-state index in [1.807, 2.05) is 0 Å². The van der Waals surface area contributed by atoms with Crippen molar-refractivity contribution >= 4 is 35.1 Å². The lowest BCUT2D eigenvalue weighted by Gasteiger charge is -2.10. The zero-order valence-electron chi connectivity index (χ0n) is 14.2. The lowest BCUT2D eigenvalue weighted by Crippen LogP contribution is -1.94. The highest BCUT2D eigenvalue weighted by Crippen LogP contribution is 2.40. The molecule has 3 heteroatoms. The van der Waals surface area contributed by atoms with Crippen LogP contribution in [0.3, 0.4) is 0 Å². The van der Waals surface area contributed by atoms with Gasteiger partial charge in [-0.2, -0.15) is 0 Å². The fourth-order valence-corrected chi connectivity index (χ4v) is 4.98. The summed E-state index contributed by atoms with van der Waals surface area (Å²) in [5.41, 5.74) is 0. The Kier molecular flexibility index (Phi) is 9.48. The molecule has 2 aromatic carbocycles. The molecular weight excluding hydrogens is 352 g/mol. The highest BCUT2D eigenvalue weighted by molar-refractivity contribution is 8.22. The van der Waals surface area contributed by atoms with Crippen molar-refractivity contribution in [3.05, 3.63) is 71.0 Å². The van der Waals surface area contributed by atoms with Gasteiger partial charge in [-0.25, -0.2) is 0 Å². The standard InChI is InChI=1S/C21H25ClS2/c1-2-3-4-7-12-18(22)17-21(23-19-13-8-5-9-14-19)24-20-15-10-6-11-16-20/h5-6,8-11,13-18H,2-4,7,12H2,1H3. The molecule has 0 aliphatic carbocycles. The molecule has 24 heavy (non-hydrogen) atoms. The molecule has 128 valence electrons. The summed E-state index contributed by atoms with van der Waals surface area (Å²) in [5.74, 6) is 0. The van der Waals surface area contributed by atoms with Gasteiger partial charge in [0.15, 0.2) is 0 Å². The van der Waals surface area contributed by atoms with E-state index in [1.54, 1.807) is 23.5 Å². The van der Waals surface area contributed by atoms with Gasteiger partial charge in [-0.3, -0.25) is 0 Å². The minimum atomic E-state index is 0.101. The summed E-state index contributed by atoms with van der Waals surface area (Å²) < 4.78 is 1.25. The van der Waals surface area contributed by atoms with Crippen LogP contribution < -0.4 is 0 Å². The Labute approximate surface area is 160 Å². The SMILES string of the molecule is CCCCCCC(Cl)C=C(Sc1ccccc1)Sc1ccccc1. The van der Waals surface area contributed by atoms with E-state index in [0.717, 1.165) is 6.42 Å². The largest absolute Gasteiger partial charge is 0.118 e. The highest BCUT2D eigenvalue weighted by Gasteiger charge is 2.08. The number of benzene rings is 2. The molecule has 0 nitrogen and oxygen atoms in total. The van der Waals surface area contributed by atoms with Crippen molar-refractivity contribution in [1.29, 1.82) is 0 Å². The molecule has 0 radical (unpaired) electrons. The number of thioether (sulfide) groups is 2. The Bertz CT molecular complexity index is 552. The second-order valence-electron chi connectivity index (χ2n) is 5.68. The van der Waals surface area contributed by atoms with Gasteiger partial charge >= 0.3 is 0 Å². The molecular formula is C21H25ClS2. The fourth-order valence-electron chi connectivity index (χ4n) is 2.30. The fraction of sp³-hybridized carbons (Fsp3) is 0.333. The van der Waals surface area contributed by atoms with Crippen molar-refractivity contribution in [2.45, 2.75) is 54.2 Å². The molecule has 0 heterocycles. The van der Waals surface area contributed by atoms with Crippen LogP contribution in [-0.4, -0.2) is 5.38 Å². The monoisotopic (exact) mass is 376 g/mol. The van der Waals surface area contributed by atoms with Crippen LogP contribution in [0, 0.1) is 0 Å². The minimum Gasteiger partial charge on any atom is -0.118 e. The van der Waals surface area contributed by atoms with Gasteiger partial charge in [0.2, 0.25) is 0 Å². The van der Waals surface area contributed by atoms with E-state index in [1.165, 1.54) is 39.7 Å². The van der Waals surface area contributed by atoms with Crippen LogP contribution in [0.1, 0.15) is 39.0 Å². The third kappa shape index (κ3) is 7.83. The van der Waals surface area contributed by atoms with Crippen molar-refractivity contribution in [2.24, 2.45) is 0 Å². The van der Waals surface area contributed by atoms with Gasteiger partial charge in [0, 0.05) is 14.0 Å². The molecule has 0 saturated carbocycles. The first-order chi connectivity index (χ1) is 11.8. The first-order valence-electron chi connectivity index (χ1n) is 8.59. The number of hydrogen-bond donors (Lipinski definition) is 0. The maximum absolute atomic E-state index is 6.58. The quantitative estimate of drug-likeness (QED) is 0.234. The average molecular weight is 377 g/mol. The second kappa shape index (κ2) is 11.7. The van der Waals surface area contributed by atoms with Crippen LogP contribution in [0.5, 0.6) is 0 Å². The van der Waals surface area contributed by atoms with Crippen LogP contribution in [-0.2, 0) is 0 Å². The number of rotatable bonds is 10. The lowest BCUT2D eigenvalue weighted by atomic mass is 10.1. The third-order valence-electron chi connectivity index (χ3n) is 3.57. The van der Waals surface area contributed by atoms with Crippen molar-refractivity contribution < 1.29 is 0 Å². The van der Waals surface area contributed by atoms with Crippen molar-refractivity contribution in [3.63, 3.8) is 0 Å². The van der Waals surface area contributed by atoms with E-state index in [-0.39, 0.29) is 5.38 Å². The smallest absolute Gasteiger partial charge is 0.0534 e. The molecule has 1 unspecified atom stereocenters. The van der Waals surface area contributed by atoms with E-state index in [4.69, 9.17) is 11.6 Å². The first kappa shape index (κ1) is 19.5. The van der Waals surface area contributed by atoms with Gasteiger partial charge in [0.05, 0.1) is 5.38 Å². The second-order valence-corrected chi connectivity index (χ2v) is 8.73. The summed E-state index contributed by atoms with van der Waals surface area (Å²) >= 11 is 10.2. The zero-order chi connectivity index (χ0) is 17.0. The van der Waals surface area contributed by atoms with Crippen molar-refractivity contribution in [2.75, 3.05) is 0 Å². The average Bonchev–Trinajstić information content (AvgIpc) is 2.60. The van der Waals surface area contributed by atoms with Crippen LogP contribution in [0.2, 0.25) is 0 Å².